The fourth-order valence-electron chi connectivity index (χ4n) is 5.43. The number of pyridine rings is 1. The number of carbonyl (C=O) groups excluding carboxylic acids is 3. The maximum Gasteiger partial charge on any atom is 0.295 e. The van der Waals surface area contributed by atoms with Gasteiger partial charge in [0.05, 0.1) is 28.4 Å². The number of aromatic amines is 2. The first-order chi connectivity index (χ1) is 22.6. The van der Waals surface area contributed by atoms with E-state index in [-0.39, 0.29) is 52.5 Å². The van der Waals surface area contributed by atoms with Crippen LogP contribution in [-0.2, 0) is 4.79 Å². The molecule has 0 saturated carbocycles. The van der Waals surface area contributed by atoms with E-state index in [1.54, 1.807) is 11.9 Å². The standard InChI is InChI=1S/C31H37FN12O3/c1-34-44(20-9-6-5-7-10-20)31(37-33)43-15-13-42(14-16-43)30(47)28(45)21-18-35-27-25(21)22(32)19-36-26(27)23-17-24(39-38-23)29(46)41(4)12-8-11-40(2)3/h5-7,9-10,17-19,35H,1,8,11-16,33H2,2-4H3,(H,38,39)/b37-31-. The molecule has 1 aliphatic heterocycles. The maximum absolute atomic E-state index is 15.2. The molecule has 47 heavy (non-hydrogen) atoms. The number of piperazine rings is 1. The summed E-state index contributed by atoms with van der Waals surface area (Å²) in [6.45, 7) is 6.02. The number of H-pyrrole nitrogens is 2. The van der Waals surface area contributed by atoms with Gasteiger partial charge >= 0.3 is 0 Å². The number of aromatic nitrogens is 4. The van der Waals surface area contributed by atoms with Crippen molar-refractivity contribution in [2.45, 2.75) is 6.42 Å². The third-order valence-corrected chi connectivity index (χ3v) is 7.89. The highest BCUT2D eigenvalue weighted by Gasteiger charge is 2.32. The number of anilines is 1. The Labute approximate surface area is 270 Å². The lowest BCUT2D eigenvalue weighted by Crippen LogP contribution is -2.55. The van der Waals surface area contributed by atoms with Crippen LogP contribution in [0.2, 0.25) is 0 Å². The second kappa shape index (κ2) is 14.2. The SMILES string of the molecule is C=NN(/C(=N\N)N1CCN(C(=O)C(=O)c2c[nH]c3c(-c4cc(C(=O)N(C)CCCN(C)C)[nH]n4)ncc(F)c23)CC1)c1ccccc1. The van der Waals surface area contributed by atoms with Gasteiger partial charge in [0.1, 0.15) is 17.1 Å². The summed E-state index contributed by atoms with van der Waals surface area (Å²) in [4.78, 5) is 53.7. The number of rotatable bonds is 10. The fraction of sp³-hybridized carbons (Fsp3) is 0.323. The van der Waals surface area contributed by atoms with Crippen molar-refractivity contribution in [1.82, 2.24) is 39.8 Å². The Morgan fingerprint density at radius 1 is 1.06 bits per heavy atom. The topological polar surface area (TPSA) is 176 Å². The highest BCUT2D eigenvalue weighted by Crippen LogP contribution is 2.30. The van der Waals surface area contributed by atoms with Gasteiger partial charge in [0, 0.05) is 52.7 Å². The zero-order valence-electron chi connectivity index (χ0n) is 26.5. The summed E-state index contributed by atoms with van der Waals surface area (Å²) in [5.74, 6) is 3.37. The average Bonchev–Trinajstić information content (AvgIpc) is 3.76. The quantitative estimate of drug-likeness (QED) is 0.0581. The van der Waals surface area contributed by atoms with E-state index in [1.807, 2.05) is 54.2 Å². The number of hydrogen-bond acceptors (Lipinski definition) is 9. The van der Waals surface area contributed by atoms with Crippen molar-refractivity contribution in [3.8, 4) is 11.4 Å². The highest BCUT2D eigenvalue weighted by atomic mass is 19.1. The van der Waals surface area contributed by atoms with Crippen LogP contribution in [0, 0.1) is 5.82 Å². The minimum absolute atomic E-state index is 0.0863. The van der Waals surface area contributed by atoms with Gasteiger partial charge < -0.3 is 30.4 Å². The first-order valence-corrected chi connectivity index (χ1v) is 14.9. The molecular weight excluding hydrogens is 607 g/mol. The lowest BCUT2D eigenvalue weighted by atomic mass is 10.1. The van der Waals surface area contributed by atoms with E-state index in [4.69, 9.17) is 5.84 Å². The molecule has 4 N–H and O–H groups in total. The average molecular weight is 645 g/mol. The summed E-state index contributed by atoms with van der Waals surface area (Å²) in [5, 5.41) is 16.3. The number of nitrogens with zero attached hydrogens (tertiary/aromatic N) is 9. The molecule has 0 radical (unpaired) electrons. The molecule has 4 aromatic rings. The molecule has 1 saturated heterocycles. The molecule has 3 aromatic heterocycles. The van der Waals surface area contributed by atoms with E-state index < -0.39 is 17.5 Å². The molecule has 15 nitrogen and oxygen atoms in total. The number of hydrazone groups is 2. The molecule has 0 aliphatic carbocycles. The molecule has 1 aliphatic rings. The smallest absolute Gasteiger partial charge is 0.295 e. The van der Waals surface area contributed by atoms with Crippen LogP contribution >= 0.6 is 0 Å². The Bertz CT molecular complexity index is 1790. The minimum atomic E-state index is -0.871. The number of guanidine groups is 1. The Kier molecular flexibility index (Phi) is 9.89. The van der Waals surface area contributed by atoms with Crippen LogP contribution in [0.3, 0.4) is 0 Å². The molecule has 2 amide bonds. The number of hydrogen-bond donors (Lipinski definition) is 3. The summed E-state index contributed by atoms with van der Waals surface area (Å²) >= 11 is 0. The van der Waals surface area contributed by atoms with Crippen molar-refractivity contribution in [2.24, 2.45) is 16.0 Å². The van der Waals surface area contributed by atoms with Gasteiger partial charge in [-0.05, 0) is 45.3 Å². The second-order valence-electron chi connectivity index (χ2n) is 11.3. The van der Waals surface area contributed by atoms with E-state index >= 15 is 4.39 Å². The van der Waals surface area contributed by atoms with E-state index in [2.05, 4.69) is 37.1 Å². The lowest BCUT2D eigenvalue weighted by molar-refractivity contribution is -0.127. The third-order valence-electron chi connectivity index (χ3n) is 7.89. The summed E-state index contributed by atoms with van der Waals surface area (Å²) in [6, 6.07) is 10.7. The van der Waals surface area contributed by atoms with Crippen molar-refractivity contribution in [3.63, 3.8) is 0 Å². The van der Waals surface area contributed by atoms with Gasteiger partial charge in [-0.3, -0.25) is 19.5 Å². The molecule has 0 atom stereocenters. The van der Waals surface area contributed by atoms with Crippen molar-refractivity contribution in [3.05, 3.63) is 65.9 Å². The van der Waals surface area contributed by atoms with Gasteiger partial charge in [0.15, 0.2) is 5.82 Å². The largest absolute Gasteiger partial charge is 0.359 e. The number of fused-ring (bicyclic) bond motifs is 1. The summed E-state index contributed by atoms with van der Waals surface area (Å²) in [6.07, 6.45) is 3.06. The van der Waals surface area contributed by atoms with Gasteiger partial charge in [-0.1, -0.05) is 18.2 Å². The van der Waals surface area contributed by atoms with E-state index in [0.717, 1.165) is 19.2 Å². The van der Waals surface area contributed by atoms with Crippen molar-refractivity contribution in [2.75, 3.05) is 65.4 Å². The van der Waals surface area contributed by atoms with Crippen molar-refractivity contribution < 1.29 is 18.8 Å². The monoisotopic (exact) mass is 644 g/mol. The summed E-state index contributed by atoms with van der Waals surface area (Å²) < 4.78 is 15.2. The normalized spacial score (nSPS) is 13.7. The van der Waals surface area contributed by atoms with Crippen LogP contribution in [0.1, 0.15) is 27.3 Å². The van der Waals surface area contributed by atoms with Gasteiger partial charge in [-0.15, -0.1) is 5.10 Å². The summed E-state index contributed by atoms with van der Waals surface area (Å²) in [5.41, 5.74) is 1.49. The minimum Gasteiger partial charge on any atom is -0.359 e. The fourth-order valence-corrected chi connectivity index (χ4v) is 5.43. The van der Waals surface area contributed by atoms with E-state index in [1.165, 1.54) is 22.2 Å². The number of nitrogens with two attached hydrogens (primary N) is 1. The van der Waals surface area contributed by atoms with Crippen LogP contribution in [0.15, 0.2) is 59.0 Å². The van der Waals surface area contributed by atoms with Crippen LogP contribution in [0.25, 0.3) is 22.3 Å². The molecule has 1 aromatic carbocycles. The predicted octanol–water partition coefficient (Wildman–Crippen LogP) is 1.79. The van der Waals surface area contributed by atoms with E-state index in [9.17, 15) is 14.4 Å². The predicted molar refractivity (Wildman–Crippen MR) is 176 cm³/mol. The van der Waals surface area contributed by atoms with Gasteiger partial charge in [-0.2, -0.15) is 15.2 Å². The number of amides is 2. The highest BCUT2D eigenvalue weighted by molar-refractivity contribution is 6.45. The zero-order chi connectivity index (χ0) is 33.7. The van der Waals surface area contributed by atoms with Crippen molar-refractivity contribution >= 4 is 46.9 Å². The van der Waals surface area contributed by atoms with Crippen LogP contribution in [0.5, 0.6) is 0 Å². The molecule has 16 heteroatoms. The number of Topliss-reactive ketones (excluding diaryl/α,β-unsaturated/α-hetero) is 1. The Balaban J connectivity index is 1.29. The number of nitrogens with one attached hydrogen (secondary N) is 2. The number of ketones is 1. The molecular formula is C31H37FN12O3. The van der Waals surface area contributed by atoms with E-state index in [0.29, 0.717) is 31.3 Å². The van der Waals surface area contributed by atoms with Gasteiger partial charge in [0.2, 0.25) is 5.96 Å². The Morgan fingerprint density at radius 2 is 1.77 bits per heavy atom. The number of para-hydroxylation sites is 1. The second-order valence-corrected chi connectivity index (χ2v) is 11.3. The molecule has 246 valence electrons. The van der Waals surface area contributed by atoms with Gasteiger partial charge in [0.25, 0.3) is 17.6 Å². The van der Waals surface area contributed by atoms with Crippen molar-refractivity contribution in [1.29, 1.82) is 0 Å². The molecule has 0 spiro atoms. The summed E-state index contributed by atoms with van der Waals surface area (Å²) in [7, 11) is 5.63. The first kappa shape index (κ1) is 32.7. The van der Waals surface area contributed by atoms with Gasteiger partial charge in [-0.25, -0.2) is 9.37 Å². The Morgan fingerprint density at radius 3 is 2.43 bits per heavy atom. The zero-order valence-corrected chi connectivity index (χ0v) is 26.5. The number of halogens is 1. The molecule has 4 heterocycles. The third kappa shape index (κ3) is 6.81. The molecule has 1 fully saturated rings. The van der Waals surface area contributed by atoms with Crippen LogP contribution in [-0.4, -0.2) is 130 Å². The molecule has 0 bridgehead atoms. The Hall–Kier alpha value is -5.64. The maximum atomic E-state index is 15.2. The molecule has 0 unspecified atom stereocenters. The molecule has 5 rings (SSSR count). The van der Waals surface area contributed by atoms with Crippen LogP contribution < -0.4 is 10.9 Å². The van der Waals surface area contributed by atoms with Crippen LogP contribution in [0.4, 0.5) is 10.1 Å². The first-order valence-electron chi connectivity index (χ1n) is 14.9. The number of carbonyl (C=O) groups is 3. The number of benzene rings is 1. The lowest BCUT2D eigenvalue weighted by Gasteiger charge is -2.37.